The first-order valence-electron chi connectivity index (χ1n) is 8.14. The van der Waals surface area contributed by atoms with Gasteiger partial charge in [0.25, 0.3) is 0 Å². The van der Waals surface area contributed by atoms with Crippen LogP contribution in [0.1, 0.15) is 30.5 Å². The van der Waals surface area contributed by atoms with Crippen molar-refractivity contribution in [2.75, 3.05) is 27.3 Å². The number of piperidine rings is 1. The van der Waals surface area contributed by atoms with Gasteiger partial charge in [0.2, 0.25) is 0 Å². The summed E-state index contributed by atoms with van der Waals surface area (Å²) in [6.07, 6.45) is 3.72. The SMILES string of the molecule is COc1cc(OC)c2[nH]c(C)c(CN3CCCCC3)c(=O)c2c1. The molecule has 0 aliphatic carbocycles. The average molecular weight is 316 g/mol. The largest absolute Gasteiger partial charge is 0.497 e. The number of rotatable bonds is 4. The van der Waals surface area contributed by atoms with Crippen LogP contribution in [0.2, 0.25) is 0 Å². The third kappa shape index (κ3) is 3.06. The molecule has 1 saturated heterocycles. The Morgan fingerprint density at radius 3 is 2.52 bits per heavy atom. The number of hydrogen-bond acceptors (Lipinski definition) is 4. The maximum absolute atomic E-state index is 13.0. The predicted molar refractivity (Wildman–Crippen MR) is 91.5 cm³/mol. The van der Waals surface area contributed by atoms with Gasteiger partial charge in [-0.15, -0.1) is 0 Å². The lowest BCUT2D eigenvalue weighted by molar-refractivity contribution is 0.220. The summed E-state index contributed by atoms with van der Waals surface area (Å²) in [5, 5.41) is 0.624. The molecule has 0 saturated carbocycles. The van der Waals surface area contributed by atoms with E-state index in [1.54, 1.807) is 26.4 Å². The lowest BCUT2D eigenvalue weighted by Gasteiger charge is -2.26. The van der Waals surface area contributed by atoms with Gasteiger partial charge in [0.05, 0.1) is 25.1 Å². The number of H-pyrrole nitrogens is 1. The minimum atomic E-state index is 0.0685. The number of fused-ring (bicyclic) bond motifs is 1. The maximum Gasteiger partial charge on any atom is 0.194 e. The van der Waals surface area contributed by atoms with E-state index < -0.39 is 0 Å². The Labute approximate surface area is 136 Å². The lowest BCUT2D eigenvalue weighted by atomic mass is 10.1. The summed E-state index contributed by atoms with van der Waals surface area (Å²) in [4.78, 5) is 18.7. The summed E-state index contributed by atoms with van der Waals surface area (Å²) in [5.74, 6) is 1.26. The van der Waals surface area contributed by atoms with E-state index in [-0.39, 0.29) is 5.43 Å². The molecule has 1 aliphatic heterocycles. The number of nitrogens with one attached hydrogen (secondary N) is 1. The Balaban J connectivity index is 2.10. The molecule has 1 fully saturated rings. The summed E-state index contributed by atoms with van der Waals surface area (Å²) in [6.45, 7) is 4.80. The van der Waals surface area contributed by atoms with Crippen LogP contribution >= 0.6 is 0 Å². The highest BCUT2D eigenvalue weighted by Crippen LogP contribution is 2.29. The Bertz CT molecular complexity index is 761. The van der Waals surface area contributed by atoms with Crippen LogP contribution in [-0.4, -0.2) is 37.2 Å². The molecule has 2 aromatic rings. The maximum atomic E-state index is 13.0. The van der Waals surface area contributed by atoms with Gasteiger partial charge < -0.3 is 14.5 Å². The number of pyridine rings is 1. The molecule has 0 spiro atoms. The molecule has 5 nitrogen and oxygen atoms in total. The fourth-order valence-electron chi connectivity index (χ4n) is 3.30. The molecule has 1 N–H and O–H groups in total. The summed E-state index contributed by atoms with van der Waals surface area (Å²) in [6, 6.07) is 3.58. The highest BCUT2D eigenvalue weighted by atomic mass is 16.5. The fourth-order valence-corrected chi connectivity index (χ4v) is 3.30. The van der Waals surface area contributed by atoms with Gasteiger partial charge in [-0.25, -0.2) is 0 Å². The third-order valence-corrected chi connectivity index (χ3v) is 4.65. The second-order valence-corrected chi connectivity index (χ2v) is 6.15. The van der Waals surface area contributed by atoms with Crippen molar-refractivity contribution in [1.29, 1.82) is 0 Å². The van der Waals surface area contributed by atoms with Crippen LogP contribution in [0.3, 0.4) is 0 Å². The molecule has 0 bridgehead atoms. The molecule has 1 aromatic carbocycles. The van der Waals surface area contributed by atoms with E-state index in [2.05, 4.69) is 9.88 Å². The van der Waals surface area contributed by atoms with E-state index in [4.69, 9.17) is 9.47 Å². The Hall–Kier alpha value is -2.01. The number of nitrogens with zero attached hydrogens (tertiary/aromatic N) is 1. The van der Waals surface area contributed by atoms with Crippen LogP contribution in [0.25, 0.3) is 10.9 Å². The van der Waals surface area contributed by atoms with Crippen molar-refractivity contribution in [2.24, 2.45) is 0 Å². The molecule has 3 rings (SSSR count). The van der Waals surface area contributed by atoms with Gasteiger partial charge in [0, 0.05) is 23.9 Å². The zero-order chi connectivity index (χ0) is 16.4. The van der Waals surface area contributed by atoms with Gasteiger partial charge in [-0.05, 0) is 38.9 Å². The normalized spacial score (nSPS) is 15.8. The molecular formula is C18H24N2O3. The second-order valence-electron chi connectivity index (χ2n) is 6.15. The number of ether oxygens (including phenoxy) is 2. The van der Waals surface area contributed by atoms with Crippen LogP contribution < -0.4 is 14.9 Å². The van der Waals surface area contributed by atoms with Crippen LogP contribution in [0.5, 0.6) is 11.5 Å². The number of benzene rings is 1. The van der Waals surface area contributed by atoms with Crippen molar-refractivity contribution in [2.45, 2.75) is 32.7 Å². The second kappa shape index (κ2) is 6.62. The average Bonchev–Trinajstić information content (AvgIpc) is 2.59. The molecule has 124 valence electrons. The molecule has 0 radical (unpaired) electrons. The van der Waals surface area contributed by atoms with Crippen molar-refractivity contribution in [3.05, 3.63) is 33.6 Å². The molecule has 0 unspecified atom stereocenters. The van der Waals surface area contributed by atoms with Crippen molar-refractivity contribution < 1.29 is 9.47 Å². The Morgan fingerprint density at radius 2 is 1.87 bits per heavy atom. The van der Waals surface area contributed by atoms with Crippen molar-refractivity contribution >= 4 is 10.9 Å². The van der Waals surface area contributed by atoms with E-state index >= 15 is 0 Å². The highest BCUT2D eigenvalue weighted by Gasteiger charge is 2.17. The molecule has 1 aromatic heterocycles. The first kappa shape index (κ1) is 15.9. The zero-order valence-corrected chi connectivity index (χ0v) is 14.1. The minimum absolute atomic E-state index is 0.0685. The number of aromatic nitrogens is 1. The summed E-state index contributed by atoms with van der Waals surface area (Å²) in [5.41, 5.74) is 2.56. The zero-order valence-electron chi connectivity index (χ0n) is 14.1. The molecular weight excluding hydrogens is 292 g/mol. The van der Waals surface area contributed by atoms with Gasteiger partial charge in [0.1, 0.15) is 11.5 Å². The molecule has 5 heteroatoms. The quantitative estimate of drug-likeness (QED) is 0.942. The third-order valence-electron chi connectivity index (χ3n) is 4.65. The Morgan fingerprint density at radius 1 is 1.13 bits per heavy atom. The Kier molecular flexibility index (Phi) is 4.57. The van der Waals surface area contributed by atoms with E-state index in [1.807, 2.05) is 6.92 Å². The van der Waals surface area contributed by atoms with E-state index in [1.165, 1.54) is 19.3 Å². The predicted octanol–water partition coefficient (Wildman–Crippen LogP) is 2.84. The molecule has 23 heavy (non-hydrogen) atoms. The van der Waals surface area contributed by atoms with E-state index in [9.17, 15) is 4.79 Å². The molecule has 0 amide bonds. The monoisotopic (exact) mass is 316 g/mol. The molecule has 1 aliphatic rings. The first-order valence-corrected chi connectivity index (χ1v) is 8.14. The molecule has 2 heterocycles. The van der Waals surface area contributed by atoms with Gasteiger partial charge in [-0.3, -0.25) is 9.69 Å². The number of hydrogen-bond donors (Lipinski definition) is 1. The van der Waals surface area contributed by atoms with Crippen LogP contribution in [0, 0.1) is 6.92 Å². The number of methoxy groups -OCH3 is 2. The minimum Gasteiger partial charge on any atom is -0.497 e. The van der Waals surface area contributed by atoms with Crippen LogP contribution in [-0.2, 0) is 6.54 Å². The van der Waals surface area contributed by atoms with Gasteiger partial charge in [-0.1, -0.05) is 6.42 Å². The van der Waals surface area contributed by atoms with Crippen molar-refractivity contribution in [3.8, 4) is 11.5 Å². The number of aryl methyl sites for hydroxylation is 1. The first-order chi connectivity index (χ1) is 11.1. The lowest BCUT2D eigenvalue weighted by Crippen LogP contribution is -2.32. The van der Waals surface area contributed by atoms with Crippen LogP contribution in [0.15, 0.2) is 16.9 Å². The van der Waals surface area contributed by atoms with Crippen LogP contribution in [0.4, 0.5) is 0 Å². The standard InChI is InChI=1S/C18H24N2O3/c1-12-15(11-20-7-5-4-6-8-20)18(21)14-9-13(22-2)10-16(23-3)17(14)19-12/h9-10H,4-8,11H2,1-3H3,(H,19,21). The van der Waals surface area contributed by atoms with Gasteiger partial charge in [-0.2, -0.15) is 0 Å². The summed E-state index contributed by atoms with van der Waals surface area (Å²) < 4.78 is 10.7. The highest BCUT2D eigenvalue weighted by molar-refractivity contribution is 5.86. The number of likely N-dealkylation sites (tertiary alicyclic amines) is 1. The van der Waals surface area contributed by atoms with Crippen molar-refractivity contribution in [1.82, 2.24) is 9.88 Å². The molecule has 0 atom stereocenters. The summed E-state index contributed by atoms with van der Waals surface area (Å²) in [7, 11) is 3.20. The topological polar surface area (TPSA) is 54.6 Å². The van der Waals surface area contributed by atoms with E-state index in [0.717, 1.165) is 29.9 Å². The van der Waals surface area contributed by atoms with Gasteiger partial charge >= 0.3 is 0 Å². The smallest absolute Gasteiger partial charge is 0.194 e. The van der Waals surface area contributed by atoms with Crippen molar-refractivity contribution in [3.63, 3.8) is 0 Å². The number of aromatic amines is 1. The fraction of sp³-hybridized carbons (Fsp3) is 0.500. The van der Waals surface area contributed by atoms with E-state index in [0.29, 0.717) is 23.4 Å². The summed E-state index contributed by atoms with van der Waals surface area (Å²) >= 11 is 0. The van der Waals surface area contributed by atoms with Gasteiger partial charge in [0.15, 0.2) is 5.43 Å².